The first kappa shape index (κ1) is 16.8. The summed E-state index contributed by atoms with van der Waals surface area (Å²) >= 11 is 0. The maximum Gasteiger partial charge on any atom is 0.573 e. The Morgan fingerprint density at radius 3 is 2.48 bits per heavy atom. The third-order valence-corrected chi connectivity index (χ3v) is 2.95. The summed E-state index contributed by atoms with van der Waals surface area (Å²) in [4.78, 5) is 0. The average molecular weight is 328 g/mol. The van der Waals surface area contributed by atoms with Gasteiger partial charge in [0.25, 0.3) is 0 Å². The van der Waals surface area contributed by atoms with Crippen molar-refractivity contribution in [3.8, 4) is 23.0 Å². The van der Waals surface area contributed by atoms with Crippen LogP contribution in [-0.4, -0.2) is 25.2 Å². The van der Waals surface area contributed by atoms with Crippen LogP contribution in [-0.2, 0) is 6.42 Å². The van der Waals surface area contributed by atoms with Crippen LogP contribution in [0.4, 0.5) is 13.2 Å². The molecule has 4 nitrogen and oxygen atoms in total. The molecule has 124 valence electrons. The molecule has 0 fully saturated rings. The second kappa shape index (κ2) is 7.13. The van der Waals surface area contributed by atoms with Crippen LogP contribution >= 0.6 is 0 Å². The van der Waals surface area contributed by atoms with Gasteiger partial charge in [0.15, 0.2) is 0 Å². The second-order valence-corrected chi connectivity index (χ2v) is 4.62. The van der Waals surface area contributed by atoms with Gasteiger partial charge in [0.05, 0.1) is 13.7 Å². The molecule has 23 heavy (non-hydrogen) atoms. The van der Waals surface area contributed by atoms with Crippen LogP contribution in [0.3, 0.4) is 0 Å². The highest BCUT2D eigenvalue weighted by molar-refractivity contribution is 5.41. The van der Waals surface area contributed by atoms with Gasteiger partial charge in [-0.05, 0) is 23.8 Å². The molecular weight excluding hydrogens is 313 g/mol. The minimum Gasteiger partial charge on any atom is -0.508 e. The van der Waals surface area contributed by atoms with Crippen molar-refractivity contribution in [2.24, 2.45) is 0 Å². The number of hydrogen-bond donors (Lipinski definition) is 1. The third kappa shape index (κ3) is 5.28. The summed E-state index contributed by atoms with van der Waals surface area (Å²) in [6.45, 7) is 0.277. The number of hydrogen-bond acceptors (Lipinski definition) is 4. The molecule has 0 bridgehead atoms. The van der Waals surface area contributed by atoms with E-state index in [1.54, 1.807) is 12.1 Å². The predicted molar refractivity (Wildman–Crippen MR) is 77.0 cm³/mol. The van der Waals surface area contributed by atoms with Gasteiger partial charge in [0, 0.05) is 18.6 Å². The molecule has 0 aliphatic heterocycles. The summed E-state index contributed by atoms with van der Waals surface area (Å²) < 4.78 is 51.0. The molecular formula is C16H15F3O4. The number of rotatable bonds is 6. The van der Waals surface area contributed by atoms with Crippen LogP contribution in [0.25, 0.3) is 0 Å². The van der Waals surface area contributed by atoms with Gasteiger partial charge in [-0.1, -0.05) is 12.1 Å². The molecule has 0 unspecified atom stereocenters. The van der Waals surface area contributed by atoms with E-state index in [1.165, 1.54) is 37.4 Å². The zero-order valence-corrected chi connectivity index (χ0v) is 12.3. The molecule has 0 aliphatic rings. The topological polar surface area (TPSA) is 47.9 Å². The highest BCUT2D eigenvalue weighted by Gasteiger charge is 2.31. The molecule has 0 spiro atoms. The van der Waals surface area contributed by atoms with Crippen molar-refractivity contribution in [3.63, 3.8) is 0 Å². The second-order valence-electron chi connectivity index (χ2n) is 4.62. The highest BCUT2D eigenvalue weighted by Crippen LogP contribution is 2.29. The first-order valence-electron chi connectivity index (χ1n) is 6.72. The number of aromatic hydroxyl groups is 1. The van der Waals surface area contributed by atoms with Crippen molar-refractivity contribution in [1.29, 1.82) is 0 Å². The molecule has 2 aromatic rings. The smallest absolute Gasteiger partial charge is 0.508 e. The Balaban J connectivity index is 1.99. The Morgan fingerprint density at radius 2 is 1.83 bits per heavy atom. The largest absolute Gasteiger partial charge is 0.573 e. The predicted octanol–water partition coefficient (Wildman–Crippen LogP) is 3.92. The minimum atomic E-state index is -4.75. The van der Waals surface area contributed by atoms with Crippen molar-refractivity contribution >= 4 is 0 Å². The first-order chi connectivity index (χ1) is 10.9. The Morgan fingerprint density at radius 1 is 1.04 bits per heavy atom. The molecule has 7 heteroatoms. The van der Waals surface area contributed by atoms with Crippen LogP contribution in [0.15, 0.2) is 42.5 Å². The maximum absolute atomic E-state index is 12.2. The fourth-order valence-electron chi connectivity index (χ4n) is 1.98. The van der Waals surface area contributed by atoms with E-state index in [2.05, 4.69) is 4.74 Å². The van der Waals surface area contributed by atoms with Crippen LogP contribution in [0, 0.1) is 0 Å². The van der Waals surface area contributed by atoms with E-state index in [-0.39, 0.29) is 23.9 Å². The van der Waals surface area contributed by atoms with Gasteiger partial charge >= 0.3 is 6.36 Å². The van der Waals surface area contributed by atoms with Crippen molar-refractivity contribution in [1.82, 2.24) is 0 Å². The Hall–Kier alpha value is -2.57. The number of phenols is 1. The van der Waals surface area contributed by atoms with Crippen LogP contribution < -0.4 is 14.2 Å². The summed E-state index contributed by atoms with van der Waals surface area (Å²) in [5, 5.41) is 9.33. The molecule has 1 N–H and O–H groups in total. The zero-order chi connectivity index (χ0) is 16.9. The van der Waals surface area contributed by atoms with Crippen molar-refractivity contribution in [2.45, 2.75) is 12.8 Å². The number of alkyl halides is 3. The van der Waals surface area contributed by atoms with Gasteiger partial charge in [0.2, 0.25) is 0 Å². The van der Waals surface area contributed by atoms with E-state index in [1.807, 2.05) is 0 Å². The monoisotopic (exact) mass is 328 g/mol. The van der Waals surface area contributed by atoms with Gasteiger partial charge < -0.3 is 19.3 Å². The Bertz CT molecular complexity index is 656. The van der Waals surface area contributed by atoms with E-state index in [0.29, 0.717) is 17.7 Å². The zero-order valence-electron chi connectivity index (χ0n) is 12.3. The lowest BCUT2D eigenvalue weighted by atomic mass is 10.1. The molecule has 2 rings (SSSR count). The van der Waals surface area contributed by atoms with E-state index < -0.39 is 6.36 Å². The summed E-state index contributed by atoms with van der Waals surface area (Å²) in [7, 11) is 1.37. The molecule has 0 heterocycles. The molecule has 0 radical (unpaired) electrons. The standard InChI is InChI=1S/C16H15F3O4/c1-21-15-10-14(23-16(17,18)19)6-5-11(15)7-8-22-13-4-2-3-12(20)9-13/h2-6,9-10,20H,7-8H2,1H3. The van der Waals surface area contributed by atoms with Crippen molar-refractivity contribution < 1.29 is 32.5 Å². The molecule has 0 saturated heterocycles. The molecule has 0 atom stereocenters. The fourth-order valence-corrected chi connectivity index (χ4v) is 1.98. The van der Waals surface area contributed by atoms with E-state index in [0.717, 1.165) is 0 Å². The van der Waals surface area contributed by atoms with Gasteiger partial charge in [-0.3, -0.25) is 0 Å². The lowest BCUT2D eigenvalue weighted by Gasteiger charge is -2.13. The summed E-state index contributed by atoms with van der Waals surface area (Å²) in [5.41, 5.74) is 0.683. The number of methoxy groups -OCH3 is 1. The fraction of sp³-hybridized carbons (Fsp3) is 0.250. The van der Waals surface area contributed by atoms with Crippen LogP contribution in [0.5, 0.6) is 23.0 Å². The van der Waals surface area contributed by atoms with E-state index in [4.69, 9.17) is 9.47 Å². The van der Waals surface area contributed by atoms with Gasteiger partial charge in [-0.15, -0.1) is 13.2 Å². The van der Waals surface area contributed by atoms with Crippen molar-refractivity contribution in [2.75, 3.05) is 13.7 Å². The van der Waals surface area contributed by atoms with Gasteiger partial charge in [0.1, 0.15) is 23.0 Å². The van der Waals surface area contributed by atoms with Crippen LogP contribution in [0.2, 0.25) is 0 Å². The molecule has 0 aromatic heterocycles. The number of halogens is 3. The molecule has 0 aliphatic carbocycles. The lowest BCUT2D eigenvalue weighted by Crippen LogP contribution is -2.17. The quantitative estimate of drug-likeness (QED) is 0.873. The number of ether oxygens (including phenoxy) is 3. The summed E-state index contributed by atoms with van der Waals surface area (Å²) in [5.74, 6) is 0.535. The third-order valence-electron chi connectivity index (χ3n) is 2.95. The summed E-state index contributed by atoms with van der Waals surface area (Å²) in [6, 6.07) is 10.2. The SMILES string of the molecule is COc1cc(OC(F)(F)F)ccc1CCOc1cccc(O)c1. The minimum absolute atomic E-state index is 0.0914. The van der Waals surface area contributed by atoms with E-state index in [9.17, 15) is 18.3 Å². The maximum atomic E-state index is 12.2. The average Bonchev–Trinajstić information content (AvgIpc) is 2.47. The number of benzene rings is 2. The number of phenolic OH excluding ortho intramolecular Hbond substituents is 1. The lowest BCUT2D eigenvalue weighted by molar-refractivity contribution is -0.274. The van der Waals surface area contributed by atoms with Gasteiger partial charge in [-0.2, -0.15) is 0 Å². The first-order valence-corrected chi connectivity index (χ1v) is 6.72. The molecule has 0 saturated carbocycles. The van der Waals surface area contributed by atoms with Crippen molar-refractivity contribution in [3.05, 3.63) is 48.0 Å². The highest BCUT2D eigenvalue weighted by atomic mass is 19.4. The van der Waals surface area contributed by atoms with Gasteiger partial charge in [-0.25, -0.2) is 0 Å². The van der Waals surface area contributed by atoms with E-state index >= 15 is 0 Å². The summed E-state index contributed by atoms with van der Waals surface area (Å²) in [6.07, 6.45) is -4.32. The Labute approximate surface area is 131 Å². The molecule has 0 amide bonds. The molecule has 2 aromatic carbocycles. The normalized spacial score (nSPS) is 11.1. The van der Waals surface area contributed by atoms with Crippen LogP contribution in [0.1, 0.15) is 5.56 Å². The Kier molecular flexibility index (Phi) is 5.20.